The van der Waals surface area contributed by atoms with E-state index in [9.17, 15) is 0 Å². The van der Waals surface area contributed by atoms with Crippen molar-refractivity contribution in [3.63, 3.8) is 0 Å². The summed E-state index contributed by atoms with van der Waals surface area (Å²) < 4.78 is 0. The third-order valence-corrected chi connectivity index (χ3v) is 4.69. The Morgan fingerprint density at radius 1 is 0.889 bits per heavy atom. The predicted molar refractivity (Wildman–Crippen MR) is 117 cm³/mol. The molecule has 0 spiro atoms. The highest BCUT2D eigenvalue weighted by atomic mass is 15.1. The minimum Gasteiger partial charge on any atom is -0.341 e. The molecule has 3 aromatic rings. The number of para-hydroxylation sites is 1. The number of aryl methyl sites for hydroxylation is 1. The Kier molecular flexibility index (Phi) is 6.43. The SMILES string of the molecule is Cc1ccccc1N(CCC(C)C)c1cccc(/C=C/c2ccncc2)c1. The third kappa shape index (κ3) is 5.30. The molecule has 138 valence electrons. The first kappa shape index (κ1) is 18.9. The highest BCUT2D eigenvalue weighted by Gasteiger charge is 2.12. The van der Waals surface area contributed by atoms with Crippen LogP contribution in [0, 0.1) is 12.8 Å². The van der Waals surface area contributed by atoms with E-state index >= 15 is 0 Å². The zero-order chi connectivity index (χ0) is 19.1. The van der Waals surface area contributed by atoms with E-state index in [0.29, 0.717) is 5.92 Å². The molecule has 0 bridgehead atoms. The molecule has 27 heavy (non-hydrogen) atoms. The molecule has 0 unspecified atom stereocenters. The lowest BCUT2D eigenvalue weighted by Gasteiger charge is -2.28. The van der Waals surface area contributed by atoms with Crippen molar-refractivity contribution in [1.82, 2.24) is 4.98 Å². The summed E-state index contributed by atoms with van der Waals surface area (Å²) in [6.45, 7) is 7.76. The summed E-state index contributed by atoms with van der Waals surface area (Å²) in [6, 6.07) is 21.4. The fourth-order valence-corrected chi connectivity index (χ4v) is 3.11. The molecule has 0 atom stereocenters. The molecule has 0 saturated heterocycles. The second-order valence-corrected chi connectivity index (χ2v) is 7.33. The van der Waals surface area contributed by atoms with Crippen molar-refractivity contribution < 1.29 is 0 Å². The minimum atomic E-state index is 0.672. The standard InChI is InChI=1S/C25H28N2/c1-20(2)15-18-27(25-10-5-4-7-21(25)3)24-9-6-8-23(19-24)12-11-22-13-16-26-17-14-22/h4-14,16-17,19-20H,15,18H2,1-3H3/b12-11+. The molecule has 2 aromatic carbocycles. The second-order valence-electron chi connectivity index (χ2n) is 7.33. The van der Waals surface area contributed by atoms with Crippen LogP contribution in [0.2, 0.25) is 0 Å². The molecule has 0 aliphatic carbocycles. The summed E-state index contributed by atoms with van der Waals surface area (Å²) in [5.74, 6) is 0.672. The molecule has 2 nitrogen and oxygen atoms in total. The van der Waals surface area contributed by atoms with Gasteiger partial charge in [-0.15, -0.1) is 0 Å². The summed E-state index contributed by atoms with van der Waals surface area (Å²) in [4.78, 5) is 6.52. The number of rotatable bonds is 7. The van der Waals surface area contributed by atoms with Crippen molar-refractivity contribution in [3.8, 4) is 0 Å². The van der Waals surface area contributed by atoms with Gasteiger partial charge in [0.05, 0.1) is 0 Å². The lowest BCUT2D eigenvalue weighted by atomic mass is 10.1. The van der Waals surface area contributed by atoms with Gasteiger partial charge in [-0.1, -0.05) is 56.3 Å². The number of anilines is 2. The van der Waals surface area contributed by atoms with E-state index in [-0.39, 0.29) is 0 Å². The fourth-order valence-electron chi connectivity index (χ4n) is 3.11. The van der Waals surface area contributed by atoms with Crippen LogP contribution in [0.15, 0.2) is 73.1 Å². The number of hydrogen-bond donors (Lipinski definition) is 0. The first-order valence-electron chi connectivity index (χ1n) is 9.65. The minimum absolute atomic E-state index is 0.672. The van der Waals surface area contributed by atoms with Crippen molar-refractivity contribution in [1.29, 1.82) is 0 Å². The molecule has 0 aliphatic rings. The number of nitrogens with zero attached hydrogens (tertiary/aromatic N) is 2. The van der Waals surface area contributed by atoms with Crippen LogP contribution >= 0.6 is 0 Å². The summed E-state index contributed by atoms with van der Waals surface area (Å²) in [7, 11) is 0. The van der Waals surface area contributed by atoms with Gasteiger partial charge in [0.15, 0.2) is 0 Å². The summed E-state index contributed by atoms with van der Waals surface area (Å²) in [5.41, 5.74) is 6.19. The van der Waals surface area contributed by atoms with Crippen molar-refractivity contribution in [3.05, 3.63) is 89.7 Å². The smallest absolute Gasteiger partial charge is 0.0440 e. The monoisotopic (exact) mass is 356 g/mol. The number of benzene rings is 2. The van der Waals surface area contributed by atoms with Gasteiger partial charge in [0.25, 0.3) is 0 Å². The summed E-state index contributed by atoms with van der Waals surface area (Å²) in [6.07, 6.45) is 9.10. The molecule has 0 radical (unpaired) electrons. The molecule has 0 saturated carbocycles. The zero-order valence-electron chi connectivity index (χ0n) is 16.5. The molecule has 0 fully saturated rings. The van der Waals surface area contributed by atoms with Crippen LogP contribution < -0.4 is 4.90 Å². The first-order valence-corrected chi connectivity index (χ1v) is 9.65. The Balaban J connectivity index is 1.90. The molecule has 1 heterocycles. The lowest BCUT2D eigenvalue weighted by Crippen LogP contribution is -2.20. The van der Waals surface area contributed by atoms with E-state index < -0.39 is 0 Å². The average Bonchev–Trinajstić information content (AvgIpc) is 2.69. The lowest BCUT2D eigenvalue weighted by molar-refractivity contribution is 0.591. The topological polar surface area (TPSA) is 16.1 Å². The first-order chi connectivity index (χ1) is 13.1. The molecular weight excluding hydrogens is 328 g/mol. The summed E-state index contributed by atoms with van der Waals surface area (Å²) >= 11 is 0. The van der Waals surface area contributed by atoms with Crippen LogP contribution in [0.1, 0.15) is 37.0 Å². The van der Waals surface area contributed by atoms with E-state index in [1.54, 1.807) is 0 Å². The van der Waals surface area contributed by atoms with Crippen LogP contribution in [0.4, 0.5) is 11.4 Å². The normalized spacial score (nSPS) is 11.3. The van der Waals surface area contributed by atoms with E-state index in [4.69, 9.17) is 0 Å². The largest absolute Gasteiger partial charge is 0.341 e. The van der Waals surface area contributed by atoms with E-state index in [1.807, 2.05) is 24.5 Å². The predicted octanol–water partition coefficient (Wildman–Crippen LogP) is 6.74. The Bertz CT molecular complexity index is 882. The van der Waals surface area contributed by atoms with Gasteiger partial charge in [0.1, 0.15) is 0 Å². The van der Waals surface area contributed by atoms with Gasteiger partial charge in [-0.2, -0.15) is 0 Å². The molecular formula is C25H28N2. The van der Waals surface area contributed by atoms with Crippen molar-refractivity contribution >= 4 is 23.5 Å². The number of hydrogen-bond acceptors (Lipinski definition) is 2. The highest BCUT2D eigenvalue weighted by Crippen LogP contribution is 2.30. The Hall–Kier alpha value is -2.87. The van der Waals surface area contributed by atoms with Gasteiger partial charge in [0.2, 0.25) is 0 Å². The fraction of sp³-hybridized carbons (Fsp3) is 0.240. The van der Waals surface area contributed by atoms with E-state index in [1.165, 1.54) is 22.5 Å². The third-order valence-electron chi connectivity index (χ3n) is 4.69. The molecule has 1 aromatic heterocycles. The van der Waals surface area contributed by atoms with Gasteiger partial charge in [-0.25, -0.2) is 0 Å². The van der Waals surface area contributed by atoms with Gasteiger partial charge < -0.3 is 4.90 Å². The van der Waals surface area contributed by atoms with Crippen LogP contribution in [-0.4, -0.2) is 11.5 Å². The maximum atomic E-state index is 4.07. The van der Waals surface area contributed by atoms with Gasteiger partial charge >= 0.3 is 0 Å². The molecule has 0 aliphatic heterocycles. The van der Waals surface area contributed by atoms with Crippen molar-refractivity contribution in [2.75, 3.05) is 11.4 Å². The zero-order valence-corrected chi connectivity index (χ0v) is 16.5. The van der Waals surface area contributed by atoms with Gasteiger partial charge in [-0.3, -0.25) is 4.98 Å². The van der Waals surface area contributed by atoms with Crippen LogP contribution in [-0.2, 0) is 0 Å². The average molecular weight is 357 g/mol. The number of aromatic nitrogens is 1. The second kappa shape index (κ2) is 9.18. The van der Waals surface area contributed by atoms with E-state index in [0.717, 1.165) is 18.5 Å². The van der Waals surface area contributed by atoms with Gasteiger partial charge in [-0.05, 0) is 66.3 Å². The molecule has 2 heteroatoms. The van der Waals surface area contributed by atoms with Crippen molar-refractivity contribution in [2.45, 2.75) is 27.2 Å². The van der Waals surface area contributed by atoms with Crippen LogP contribution in [0.3, 0.4) is 0 Å². The highest BCUT2D eigenvalue weighted by molar-refractivity contribution is 5.73. The Morgan fingerprint density at radius 2 is 1.63 bits per heavy atom. The van der Waals surface area contributed by atoms with Crippen LogP contribution in [0.25, 0.3) is 12.2 Å². The quantitative estimate of drug-likeness (QED) is 0.466. The van der Waals surface area contributed by atoms with Gasteiger partial charge in [0, 0.05) is 30.3 Å². The van der Waals surface area contributed by atoms with Crippen molar-refractivity contribution in [2.24, 2.45) is 5.92 Å². The Morgan fingerprint density at radius 3 is 2.37 bits per heavy atom. The maximum Gasteiger partial charge on any atom is 0.0440 e. The molecule has 0 amide bonds. The summed E-state index contributed by atoms with van der Waals surface area (Å²) in [5, 5.41) is 0. The van der Waals surface area contributed by atoms with Crippen LogP contribution in [0.5, 0.6) is 0 Å². The molecule has 3 rings (SSSR count). The Labute approximate surface area is 163 Å². The maximum absolute atomic E-state index is 4.07. The number of pyridine rings is 1. The molecule has 0 N–H and O–H groups in total. The van der Waals surface area contributed by atoms with E-state index in [2.05, 4.69) is 91.3 Å².